The first-order valence-corrected chi connectivity index (χ1v) is 4.86. The Hall–Kier alpha value is -1.10. The van der Waals surface area contributed by atoms with Gasteiger partial charge in [0.05, 0.1) is 0 Å². The Kier molecular flexibility index (Phi) is 3.46. The fourth-order valence-electron chi connectivity index (χ4n) is 1.84. The minimum atomic E-state index is -0.786. The zero-order valence-corrected chi connectivity index (χ0v) is 8.43. The fraction of sp³-hybridized carbons (Fsp3) is 0.778. The zero-order chi connectivity index (χ0) is 10.6. The van der Waals surface area contributed by atoms with E-state index >= 15 is 0 Å². The van der Waals surface area contributed by atoms with Crippen LogP contribution in [0.5, 0.6) is 0 Å². The number of nitrogens with one attached hydrogen (secondary N) is 2. The Morgan fingerprint density at radius 2 is 1.86 bits per heavy atom. The molecule has 0 aliphatic heterocycles. The lowest BCUT2D eigenvalue weighted by Gasteiger charge is -2.23. The van der Waals surface area contributed by atoms with Gasteiger partial charge in [-0.25, -0.2) is 5.84 Å². The highest BCUT2D eigenvalue weighted by atomic mass is 16.2. The number of nitrogens with two attached hydrogens (primary N) is 1. The number of carbonyl (C=O) groups excluding carboxylic acids is 2. The van der Waals surface area contributed by atoms with Crippen LogP contribution in [0, 0.1) is 5.41 Å². The molecule has 0 bridgehead atoms. The molecular formula is C9H17N3O2. The van der Waals surface area contributed by atoms with Gasteiger partial charge >= 0.3 is 11.8 Å². The lowest BCUT2D eigenvalue weighted by atomic mass is 9.89. The van der Waals surface area contributed by atoms with E-state index in [-0.39, 0.29) is 5.41 Å². The molecule has 0 aromatic carbocycles. The average molecular weight is 199 g/mol. The van der Waals surface area contributed by atoms with Crippen LogP contribution < -0.4 is 16.6 Å². The van der Waals surface area contributed by atoms with E-state index in [4.69, 9.17) is 5.84 Å². The van der Waals surface area contributed by atoms with Gasteiger partial charge in [-0.1, -0.05) is 19.8 Å². The minimum absolute atomic E-state index is 0.157. The predicted molar refractivity (Wildman–Crippen MR) is 51.9 cm³/mol. The van der Waals surface area contributed by atoms with Gasteiger partial charge in [-0.3, -0.25) is 15.0 Å². The Bertz CT molecular complexity index is 234. The summed E-state index contributed by atoms with van der Waals surface area (Å²) in [6, 6.07) is 0. The molecule has 1 fully saturated rings. The van der Waals surface area contributed by atoms with Gasteiger partial charge in [-0.15, -0.1) is 0 Å². The van der Waals surface area contributed by atoms with Crippen LogP contribution in [0.4, 0.5) is 0 Å². The van der Waals surface area contributed by atoms with Gasteiger partial charge in [0.1, 0.15) is 0 Å². The number of rotatable bonds is 2. The van der Waals surface area contributed by atoms with Crippen LogP contribution in [0.1, 0.15) is 32.6 Å². The van der Waals surface area contributed by atoms with Gasteiger partial charge in [0.25, 0.3) is 0 Å². The topological polar surface area (TPSA) is 84.2 Å². The summed E-state index contributed by atoms with van der Waals surface area (Å²) in [7, 11) is 0. The minimum Gasteiger partial charge on any atom is -0.347 e. The fourth-order valence-corrected chi connectivity index (χ4v) is 1.84. The molecule has 0 aromatic rings. The number of carbonyl (C=O) groups is 2. The van der Waals surface area contributed by atoms with Gasteiger partial charge < -0.3 is 5.32 Å². The summed E-state index contributed by atoms with van der Waals surface area (Å²) in [6.07, 6.45) is 4.62. The molecule has 0 atom stereocenters. The first kappa shape index (κ1) is 11.0. The van der Waals surface area contributed by atoms with Crippen molar-refractivity contribution in [2.75, 3.05) is 6.54 Å². The molecule has 5 heteroatoms. The normalized spacial score (nSPS) is 19.0. The van der Waals surface area contributed by atoms with Crippen molar-refractivity contribution in [3.8, 4) is 0 Å². The van der Waals surface area contributed by atoms with E-state index in [1.54, 1.807) is 5.43 Å². The Balaban J connectivity index is 2.32. The third kappa shape index (κ3) is 2.70. The monoisotopic (exact) mass is 199 g/mol. The number of hydrogen-bond acceptors (Lipinski definition) is 3. The van der Waals surface area contributed by atoms with Gasteiger partial charge in [-0.05, 0) is 18.3 Å². The lowest BCUT2D eigenvalue weighted by molar-refractivity contribution is -0.139. The van der Waals surface area contributed by atoms with Crippen LogP contribution in [0.3, 0.4) is 0 Å². The van der Waals surface area contributed by atoms with Crippen LogP contribution in [0.2, 0.25) is 0 Å². The summed E-state index contributed by atoms with van der Waals surface area (Å²) in [6.45, 7) is 2.68. The summed E-state index contributed by atoms with van der Waals surface area (Å²) < 4.78 is 0. The first-order chi connectivity index (χ1) is 6.57. The third-order valence-corrected chi connectivity index (χ3v) is 2.82. The molecule has 1 aliphatic carbocycles. The average Bonchev–Trinajstić information content (AvgIpc) is 2.61. The van der Waals surface area contributed by atoms with Crippen LogP contribution in [0.15, 0.2) is 0 Å². The molecule has 0 radical (unpaired) electrons. The van der Waals surface area contributed by atoms with E-state index in [9.17, 15) is 9.59 Å². The van der Waals surface area contributed by atoms with Gasteiger partial charge in [0.15, 0.2) is 0 Å². The zero-order valence-electron chi connectivity index (χ0n) is 8.43. The van der Waals surface area contributed by atoms with E-state index < -0.39 is 11.8 Å². The molecule has 5 nitrogen and oxygen atoms in total. The van der Waals surface area contributed by atoms with Crippen molar-refractivity contribution < 1.29 is 9.59 Å². The molecule has 80 valence electrons. The van der Waals surface area contributed by atoms with E-state index in [2.05, 4.69) is 12.2 Å². The summed E-state index contributed by atoms with van der Waals surface area (Å²) in [5, 5.41) is 2.58. The second-order valence-corrected chi connectivity index (χ2v) is 4.17. The van der Waals surface area contributed by atoms with E-state index in [1.165, 1.54) is 12.8 Å². The summed E-state index contributed by atoms with van der Waals surface area (Å²) in [5.74, 6) is 3.39. The van der Waals surface area contributed by atoms with Crippen LogP contribution in [-0.2, 0) is 9.59 Å². The number of amides is 2. The molecule has 1 rings (SSSR count). The van der Waals surface area contributed by atoms with E-state index in [1.807, 2.05) is 0 Å². The number of hydrogen-bond donors (Lipinski definition) is 3. The Labute approximate surface area is 83.4 Å². The van der Waals surface area contributed by atoms with Gasteiger partial charge in [0, 0.05) is 6.54 Å². The molecular weight excluding hydrogens is 182 g/mol. The quantitative estimate of drug-likeness (QED) is 0.246. The highest BCUT2D eigenvalue weighted by Gasteiger charge is 2.29. The molecule has 0 aromatic heterocycles. The van der Waals surface area contributed by atoms with E-state index in [0.29, 0.717) is 6.54 Å². The molecule has 0 unspecified atom stereocenters. The van der Waals surface area contributed by atoms with Crippen LogP contribution >= 0.6 is 0 Å². The van der Waals surface area contributed by atoms with Gasteiger partial charge in [-0.2, -0.15) is 0 Å². The largest absolute Gasteiger partial charge is 0.347 e. The predicted octanol–water partition coefficient (Wildman–Crippen LogP) is -0.327. The standard InChI is InChI=1S/C9H17N3O2/c1-9(4-2-3-5-9)6-11-7(13)8(14)12-10/h2-6,10H2,1H3,(H,11,13)(H,12,14). The summed E-state index contributed by atoms with van der Waals surface area (Å²) in [4.78, 5) is 21.8. The highest BCUT2D eigenvalue weighted by Crippen LogP contribution is 2.36. The van der Waals surface area contributed by atoms with Crippen molar-refractivity contribution in [1.29, 1.82) is 0 Å². The lowest BCUT2D eigenvalue weighted by Crippen LogP contribution is -2.45. The van der Waals surface area contributed by atoms with Crippen molar-refractivity contribution in [3.63, 3.8) is 0 Å². The smallest absolute Gasteiger partial charge is 0.323 e. The second-order valence-electron chi connectivity index (χ2n) is 4.17. The van der Waals surface area contributed by atoms with Crippen LogP contribution in [0.25, 0.3) is 0 Å². The molecule has 1 aliphatic rings. The molecule has 0 spiro atoms. The van der Waals surface area contributed by atoms with Crippen molar-refractivity contribution in [2.24, 2.45) is 11.3 Å². The van der Waals surface area contributed by atoms with Crippen molar-refractivity contribution >= 4 is 11.8 Å². The maximum absolute atomic E-state index is 11.1. The summed E-state index contributed by atoms with van der Waals surface area (Å²) >= 11 is 0. The Morgan fingerprint density at radius 1 is 1.29 bits per heavy atom. The maximum atomic E-state index is 11.1. The molecule has 4 N–H and O–H groups in total. The van der Waals surface area contributed by atoms with Crippen molar-refractivity contribution in [1.82, 2.24) is 10.7 Å². The molecule has 0 saturated heterocycles. The highest BCUT2D eigenvalue weighted by molar-refractivity contribution is 6.34. The molecule has 2 amide bonds. The van der Waals surface area contributed by atoms with E-state index in [0.717, 1.165) is 12.8 Å². The first-order valence-electron chi connectivity index (χ1n) is 4.86. The SMILES string of the molecule is CC1(CNC(=O)C(=O)NN)CCCC1. The van der Waals surface area contributed by atoms with Crippen LogP contribution in [-0.4, -0.2) is 18.4 Å². The molecule has 14 heavy (non-hydrogen) atoms. The molecule has 1 saturated carbocycles. The number of hydrazine groups is 1. The third-order valence-electron chi connectivity index (χ3n) is 2.82. The maximum Gasteiger partial charge on any atom is 0.323 e. The Morgan fingerprint density at radius 3 is 2.36 bits per heavy atom. The van der Waals surface area contributed by atoms with Crippen molar-refractivity contribution in [2.45, 2.75) is 32.6 Å². The molecule has 0 heterocycles. The summed E-state index contributed by atoms with van der Waals surface area (Å²) in [5.41, 5.74) is 1.96. The second kappa shape index (κ2) is 4.41. The van der Waals surface area contributed by atoms with Crippen molar-refractivity contribution in [3.05, 3.63) is 0 Å². The van der Waals surface area contributed by atoms with Gasteiger partial charge in [0.2, 0.25) is 0 Å².